The third-order valence-corrected chi connectivity index (χ3v) is 7.63. The van der Waals surface area contributed by atoms with Gasteiger partial charge in [-0.2, -0.15) is 0 Å². The molecule has 6 heterocycles. The fraction of sp³-hybridized carbons (Fsp3) is 0.333. The molecule has 0 aromatic carbocycles. The van der Waals surface area contributed by atoms with Gasteiger partial charge in [0, 0.05) is 43.1 Å². The van der Waals surface area contributed by atoms with Crippen LogP contribution in [-0.4, -0.2) is 51.9 Å². The summed E-state index contributed by atoms with van der Waals surface area (Å²) in [5.74, 6) is 0. The van der Waals surface area contributed by atoms with E-state index < -0.39 is 0 Å². The molecule has 1 aliphatic heterocycles. The summed E-state index contributed by atoms with van der Waals surface area (Å²) in [4.78, 5) is 11.8. The van der Waals surface area contributed by atoms with Crippen molar-refractivity contribution in [1.82, 2.24) is 38.8 Å². The van der Waals surface area contributed by atoms with Crippen molar-refractivity contribution in [3.05, 3.63) is 85.0 Å². The Hall–Kier alpha value is -3.78. The van der Waals surface area contributed by atoms with Gasteiger partial charge in [0.1, 0.15) is 11.3 Å². The predicted molar refractivity (Wildman–Crippen MR) is 133 cm³/mol. The summed E-state index contributed by atoms with van der Waals surface area (Å²) in [6.07, 6.45) is 19.6. The number of hydrogen-bond acceptors (Lipinski definition) is 5. The molecule has 5 aromatic heterocycles. The average molecular weight is 465 g/mol. The lowest BCUT2D eigenvalue weighted by Gasteiger charge is -2.32. The first-order valence-electron chi connectivity index (χ1n) is 12.4. The summed E-state index contributed by atoms with van der Waals surface area (Å²) < 4.78 is 6.00. The van der Waals surface area contributed by atoms with Crippen LogP contribution >= 0.6 is 0 Å². The third kappa shape index (κ3) is 4.14. The van der Waals surface area contributed by atoms with Gasteiger partial charge in [0.05, 0.1) is 30.3 Å². The van der Waals surface area contributed by atoms with E-state index in [9.17, 15) is 0 Å². The summed E-state index contributed by atoms with van der Waals surface area (Å²) in [5, 5.41) is 8.71. The summed E-state index contributed by atoms with van der Waals surface area (Å²) in [5.41, 5.74) is 6.72. The third-order valence-electron chi connectivity index (χ3n) is 7.63. The SMILES string of the molecule is c1ccn(-c2cncc(-c3cn(Cc4cn5cc(CN6CCC7(CC6)CC7)ccc5n4)nn3)c2)c1. The average Bonchev–Trinajstić information content (AvgIpc) is 3.30. The number of hydrogen-bond donors (Lipinski definition) is 0. The van der Waals surface area contributed by atoms with E-state index in [4.69, 9.17) is 4.98 Å². The predicted octanol–water partition coefficient (Wildman–Crippen LogP) is 4.20. The van der Waals surface area contributed by atoms with E-state index >= 15 is 0 Å². The van der Waals surface area contributed by atoms with E-state index in [-0.39, 0.29) is 0 Å². The van der Waals surface area contributed by atoms with Crippen molar-refractivity contribution in [3.8, 4) is 16.9 Å². The lowest BCUT2D eigenvalue weighted by atomic mass is 9.93. The van der Waals surface area contributed by atoms with Gasteiger partial charge < -0.3 is 8.97 Å². The van der Waals surface area contributed by atoms with E-state index in [1.807, 2.05) is 52.4 Å². The molecule has 1 saturated carbocycles. The molecule has 35 heavy (non-hydrogen) atoms. The Kier molecular flexibility index (Phi) is 4.80. The van der Waals surface area contributed by atoms with Crippen LogP contribution in [0.1, 0.15) is 36.9 Å². The number of rotatable bonds is 6. The smallest absolute Gasteiger partial charge is 0.137 e. The van der Waals surface area contributed by atoms with Crippen LogP contribution in [0, 0.1) is 5.41 Å². The molecular weight excluding hydrogens is 436 g/mol. The van der Waals surface area contributed by atoms with Crippen LogP contribution in [0.15, 0.2) is 73.7 Å². The highest BCUT2D eigenvalue weighted by atomic mass is 15.4. The highest BCUT2D eigenvalue weighted by Gasteiger charge is 2.44. The maximum absolute atomic E-state index is 4.80. The molecule has 0 atom stereocenters. The molecule has 0 N–H and O–H groups in total. The number of piperidine rings is 1. The number of aromatic nitrogens is 7. The maximum Gasteiger partial charge on any atom is 0.137 e. The number of pyridine rings is 2. The first kappa shape index (κ1) is 20.6. The first-order chi connectivity index (χ1) is 17.2. The Morgan fingerprint density at radius 3 is 2.57 bits per heavy atom. The van der Waals surface area contributed by atoms with Crippen LogP contribution in [0.2, 0.25) is 0 Å². The van der Waals surface area contributed by atoms with Gasteiger partial charge in [-0.1, -0.05) is 11.3 Å². The van der Waals surface area contributed by atoms with Crippen molar-refractivity contribution >= 4 is 5.65 Å². The molecule has 0 radical (unpaired) electrons. The Labute approximate surface area is 203 Å². The van der Waals surface area contributed by atoms with Crippen LogP contribution in [-0.2, 0) is 13.1 Å². The summed E-state index contributed by atoms with van der Waals surface area (Å²) in [6.45, 7) is 4.04. The van der Waals surface area contributed by atoms with E-state index in [0.717, 1.165) is 40.2 Å². The zero-order valence-corrected chi connectivity index (χ0v) is 19.7. The normalized spacial score (nSPS) is 17.4. The van der Waals surface area contributed by atoms with Gasteiger partial charge in [-0.3, -0.25) is 9.88 Å². The van der Waals surface area contributed by atoms with Crippen molar-refractivity contribution in [3.63, 3.8) is 0 Å². The van der Waals surface area contributed by atoms with Gasteiger partial charge in [0.2, 0.25) is 0 Å². The molecule has 2 fully saturated rings. The van der Waals surface area contributed by atoms with Gasteiger partial charge in [0.15, 0.2) is 0 Å². The molecule has 0 unspecified atom stereocenters. The summed E-state index contributed by atoms with van der Waals surface area (Å²) >= 11 is 0. The van der Waals surface area contributed by atoms with E-state index in [1.165, 1.54) is 44.3 Å². The number of imidazole rings is 1. The number of likely N-dealkylation sites (tertiary alicyclic amines) is 1. The van der Waals surface area contributed by atoms with Gasteiger partial charge >= 0.3 is 0 Å². The van der Waals surface area contributed by atoms with Crippen LogP contribution < -0.4 is 0 Å². The van der Waals surface area contributed by atoms with E-state index in [1.54, 1.807) is 0 Å². The van der Waals surface area contributed by atoms with Crippen LogP contribution in [0.25, 0.3) is 22.6 Å². The highest BCUT2D eigenvalue weighted by molar-refractivity contribution is 5.59. The van der Waals surface area contributed by atoms with Crippen molar-refractivity contribution in [2.45, 2.75) is 38.8 Å². The molecule has 8 nitrogen and oxygen atoms in total. The monoisotopic (exact) mass is 464 g/mol. The van der Waals surface area contributed by atoms with Crippen molar-refractivity contribution in [1.29, 1.82) is 0 Å². The minimum atomic E-state index is 0.572. The zero-order chi connectivity index (χ0) is 23.2. The molecule has 1 aliphatic carbocycles. The molecule has 8 heteroatoms. The van der Waals surface area contributed by atoms with Crippen LogP contribution in [0.5, 0.6) is 0 Å². The molecule has 5 aromatic rings. The minimum absolute atomic E-state index is 0.572. The van der Waals surface area contributed by atoms with Gasteiger partial charge in [-0.05, 0) is 74.0 Å². The highest BCUT2D eigenvalue weighted by Crippen LogP contribution is 2.53. The molecular formula is C27H28N8. The summed E-state index contributed by atoms with van der Waals surface area (Å²) in [6, 6.07) is 10.4. The molecule has 0 bridgehead atoms. The van der Waals surface area contributed by atoms with Crippen LogP contribution in [0.3, 0.4) is 0 Å². The minimum Gasteiger partial charge on any atom is -0.322 e. The fourth-order valence-corrected chi connectivity index (χ4v) is 5.27. The van der Waals surface area contributed by atoms with Crippen molar-refractivity contribution < 1.29 is 0 Å². The van der Waals surface area contributed by atoms with E-state index in [2.05, 4.69) is 55.2 Å². The van der Waals surface area contributed by atoms with Crippen LogP contribution in [0.4, 0.5) is 0 Å². The topological polar surface area (TPSA) is 69.1 Å². The zero-order valence-electron chi connectivity index (χ0n) is 19.7. The number of fused-ring (bicyclic) bond motifs is 1. The van der Waals surface area contributed by atoms with Crippen molar-refractivity contribution in [2.75, 3.05) is 13.1 Å². The second-order valence-electron chi connectivity index (χ2n) is 10.1. The Morgan fingerprint density at radius 1 is 0.886 bits per heavy atom. The van der Waals surface area contributed by atoms with Gasteiger partial charge in [-0.25, -0.2) is 9.67 Å². The van der Waals surface area contributed by atoms with Gasteiger partial charge in [-0.15, -0.1) is 5.10 Å². The second-order valence-corrected chi connectivity index (χ2v) is 10.1. The maximum atomic E-state index is 4.80. The van der Waals surface area contributed by atoms with Gasteiger partial charge in [0.25, 0.3) is 0 Å². The van der Waals surface area contributed by atoms with Crippen molar-refractivity contribution in [2.24, 2.45) is 5.41 Å². The molecule has 0 amide bonds. The first-order valence-corrected chi connectivity index (χ1v) is 12.4. The standard InChI is InChI=1S/C27H28N8/c1-2-10-33(9-1)24-13-22(14-28-15-24)25-20-35(31-30-25)19-23-18-34-17-21(3-4-26(34)29-23)16-32-11-7-27(5-6-27)8-12-32/h1-4,9-10,13-15,17-18,20H,5-8,11-12,16,19H2. The number of nitrogens with zero attached hydrogens (tertiary/aromatic N) is 8. The lowest BCUT2D eigenvalue weighted by Crippen LogP contribution is -2.33. The molecule has 1 saturated heterocycles. The Morgan fingerprint density at radius 2 is 1.74 bits per heavy atom. The largest absolute Gasteiger partial charge is 0.322 e. The molecule has 2 aliphatic rings. The lowest BCUT2D eigenvalue weighted by molar-refractivity contribution is 0.166. The molecule has 7 rings (SSSR count). The quantitative estimate of drug-likeness (QED) is 0.377. The molecule has 1 spiro atoms. The van der Waals surface area contributed by atoms with E-state index in [0.29, 0.717) is 6.54 Å². The molecule has 176 valence electrons. The Bertz CT molecular complexity index is 1460. The summed E-state index contributed by atoms with van der Waals surface area (Å²) in [7, 11) is 0. The second kappa shape index (κ2) is 8.16. The fourth-order valence-electron chi connectivity index (χ4n) is 5.27. The Balaban J connectivity index is 1.05.